The molecule has 0 aliphatic heterocycles. The predicted molar refractivity (Wildman–Crippen MR) is 165 cm³/mol. The summed E-state index contributed by atoms with van der Waals surface area (Å²) in [4.78, 5) is 22.8. The van der Waals surface area contributed by atoms with Gasteiger partial charge in [0, 0.05) is 25.0 Å². The molecule has 4 aromatic rings. The Labute approximate surface area is 251 Å². The van der Waals surface area contributed by atoms with Gasteiger partial charge in [-0.25, -0.2) is 9.59 Å². The van der Waals surface area contributed by atoms with Gasteiger partial charge >= 0.3 is 11.9 Å². The predicted octanol–water partition coefficient (Wildman–Crippen LogP) is 5.31. The number of esters is 2. The van der Waals surface area contributed by atoms with Gasteiger partial charge in [0.05, 0.1) is 17.6 Å². The lowest BCUT2D eigenvalue weighted by molar-refractivity contribution is -0.141. The second-order valence-corrected chi connectivity index (χ2v) is 10.6. The summed E-state index contributed by atoms with van der Waals surface area (Å²) in [5.74, 6) is -1.13. The Morgan fingerprint density at radius 1 is 0.628 bits per heavy atom. The lowest BCUT2D eigenvalue weighted by Gasteiger charge is -2.34. The molecule has 2 atom stereocenters. The van der Waals surface area contributed by atoms with Crippen molar-refractivity contribution in [2.24, 2.45) is 0 Å². The molecule has 0 radical (unpaired) electrons. The summed E-state index contributed by atoms with van der Waals surface area (Å²) in [5, 5.41) is 20.8. The molecule has 0 saturated heterocycles. The van der Waals surface area contributed by atoms with E-state index >= 15 is 0 Å². The second kappa shape index (κ2) is 13.0. The number of ether oxygens (including phenoxy) is 2. The average molecular weight is 575 g/mol. The lowest BCUT2D eigenvalue weighted by atomic mass is 9.67. The molecule has 6 heteroatoms. The lowest BCUT2D eigenvalue weighted by Crippen LogP contribution is -2.29. The van der Waals surface area contributed by atoms with Gasteiger partial charge in [0.2, 0.25) is 0 Å². The number of aliphatic hydroxyl groups excluding tert-OH is 2. The van der Waals surface area contributed by atoms with Crippen LogP contribution in [0.1, 0.15) is 33.4 Å². The molecule has 43 heavy (non-hydrogen) atoms. The van der Waals surface area contributed by atoms with E-state index in [-0.39, 0.29) is 13.2 Å². The minimum atomic E-state index is -0.833. The minimum Gasteiger partial charge on any atom is -0.460 e. The van der Waals surface area contributed by atoms with Gasteiger partial charge in [-0.2, -0.15) is 0 Å². The summed E-state index contributed by atoms with van der Waals surface area (Å²) in [6.07, 6.45) is 1.16. The van der Waals surface area contributed by atoms with Crippen LogP contribution in [0.3, 0.4) is 0 Å². The van der Waals surface area contributed by atoms with Crippen LogP contribution in [0.15, 0.2) is 122 Å². The molecular weight excluding hydrogens is 540 g/mol. The van der Waals surface area contributed by atoms with E-state index in [1.807, 2.05) is 24.3 Å². The highest BCUT2D eigenvalue weighted by Gasteiger charge is 2.45. The van der Waals surface area contributed by atoms with E-state index in [9.17, 15) is 19.8 Å². The molecular formula is C37H34O6. The fourth-order valence-corrected chi connectivity index (χ4v) is 5.94. The van der Waals surface area contributed by atoms with Gasteiger partial charge in [0.1, 0.15) is 13.2 Å². The van der Waals surface area contributed by atoms with Gasteiger partial charge in [-0.05, 0) is 44.5 Å². The van der Waals surface area contributed by atoms with E-state index in [0.717, 1.165) is 34.4 Å². The summed E-state index contributed by atoms with van der Waals surface area (Å²) in [6, 6.07) is 33.3. The number of hydrogen-bond donors (Lipinski definition) is 2. The molecule has 0 spiro atoms. The van der Waals surface area contributed by atoms with Gasteiger partial charge in [-0.3, -0.25) is 0 Å². The second-order valence-electron chi connectivity index (χ2n) is 10.6. The van der Waals surface area contributed by atoms with Crippen LogP contribution in [0, 0.1) is 0 Å². The van der Waals surface area contributed by atoms with Crippen LogP contribution in [-0.4, -0.2) is 47.6 Å². The van der Waals surface area contributed by atoms with E-state index in [2.05, 4.69) is 86.0 Å². The average Bonchev–Trinajstić information content (AvgIpc) is 3.34. The maximum absolute atomic E-state index is 11.4. The van der Waals surface area contributed by atoms with Crippen molar-refractivity contribution >= 4 is 11.9 Å². The molecule has 5 rings (SSSR count). The maximum Gasteiger partial charge on any atom is 0.330 e. The molecule has 0 fully saturated rings. The quantitative estimate of drug-likeness (QED) is 0.155. The Balaban J connectivity index is 1.51. The van der Waals surface area contributed by atoms with E-state index < -0.39 is 29.6 Å². The van der Waals surface area contributed by atoms with E-state index in [4.69, 9.17) is 9.47 Å². The summed E-state index contributed by atoms with van der Waals surface area (Å²) >= 11 is 0. The summed E-state index contributed by atoms with van der Waals surface area (Å²) < 4.78 is 9.99. The molecule has 4 aromatic carbocycles. The number of aliphatic hydroxyl groups is 2. The van der Waals surface area contributed by atoms with Crippen molar-refractivity contribution < 1.29 is 29.3 Å². The Bertz CT molecular complexity index is 1500. The normalized spacial score (nSPS) is 14.1. The number of benzene rings is 4. The highest BCUT2D eigenvalue weighted by Crippen LogP contribution is 2.55. The third kappa shape index (κ3) is 6.07. The first kappa shape index (κ1) is 29.7. The first-order chi connectivity index (χ1) is 20.9. The zero-order valence-corrected chi connectivity index (χ0v) is 23.8. The fourth-order valence-electron chi connectivity index (χ4n) is 5.94. The molecule has 2 N–H and O–H groups in total. The van der Waals surface area contributed by atoms with Crippen molar-refractivity contribution in [1.29, 1.82) is 0 Å². The third-order valence-electron chi connectivity index (χ3n) is 7.84. The Morgan fingerprint density at radius 3 is 1.37 bits per heavy atom. The molecule has 2 unspecified atom stereocenters. The largest absolute Gasteiger partial charge is 0.460 e. The number of hydrogen-bond acceptors (Lipinski definition) is 6. The van der Waals surface area contributed by atoms with Crippen LogP contribution in [0.5, 0.6) is 0 Å². The molecule has 218 valence electrons. The Hall–Kier alpha value is -4.78. The van der Waals surface area contributed by atoms with Crippen LogP contribution in [0.25, 0.3) is 11.1 Å². The Kier molecular flexibility index (Phi) is 9.00. The van der Waals surface area contributed by atoms with Crippen molar-refractivity contribution in [3.8, 4) is 11.1 Å². The molecule has 0 bridgehead atoms. The number of carbonyl (C=O) groups is 2. The monoisotopic (exact) mass is 574 g/mol. The first-order valence-corrected chi connectivity index (χ1v) is 14.2. The van der Waals surface area contributed by atoms with Gasteiger partial charge in [0.15, 0.2) is 0 Å². The van der Waals surface area contributed by atoms with Crippen LogP contribution < -0.4 is 0 Å². The maximum atomic E-state index is 11.4. The van der Waals surface area contributed by atoms with Crippen LogP contribution in [0.2, 0.25) is 0 Å². The van der Waals surface area contributed by atoms with Gasteiger partial charge in [-0.1, -0.05) is 110 Å². The van der Waals surface area contributed by atoms with E-state index in [0.29, 0.717) is 12.8 Å². The summed E-state index contributed by atoms with van der Waals surface area (Å²) in [6.45, 7) is 6.56. The summed E-state index contributed by atoms with van der Waals surface area (Å²) in [5.41, 5.74) is 8.07. The standard InChI is InChI=1S/C37H34O6/c1-3-35(40)42-23-29(38)21-25-13-17-27(18-14-25)37(33-11-7-5-9-31(33)32-10-6-8-12-34(32)37)28-19-15-26(16-20-28)22-30(39)24-43-36(41)4-2/h3-20,29-30,38-39H,1-2,21-24H2. The fraction of sp³-hybridized carbons (Fsp3) is 0.189. The van der Waals surface area contributed by atoms with Crippen molar-refractivity contribution in [1.82, 2.24) is 0 Å². The van der Waals surface area contributed by atoms with Crippen LogP contribution >= 0.6 is 0 Å². The molecule has 6 nitrogen and oxygen atoms in total. The van der Waals surface area contributed by atoms with Gasteiger partial charge in [0.25, 0.3) is 0 Å². The first-order valence-electron chi connectivity index (χ1n) is 14.2. The number of rotatable bonds is 12. The Morgan fingerprint density at radius 2 is 1.00 bits per heavy atom. The zero-order valence-electron chi connectivity index (χ0n) is 23.8. The number of fused-ring (bicyclic) bond motifs is 3. The zero-order chi connectivity index (χ0) is 30.4. The highest BCUT2D eigenvalue weighted by atomic mass is 16.5. The minimum absolute atomic E-state index is 0.102. The van der Waals surface area contributed by atoms with Gasteiger partial charge in [-0.15, -0.1) is 0 Å². The van der Waals surface area contributed by atoms with Crippen LogP contribution in [0.4, 0.5) is 0 Å². The molecule has 1 aliphatic rings. The van der Waals surface area contributed by atoms with Gasteiger partial charge < -0.3 is 19.7 Å². The van der Waals surface area contributed by atoms with E-state index in [1.54, 1.807) is 0 Å². The number of carbonyl (C=O) groups excluding carboxylic acids is 2. The van der Waals surface area contributed by atoms with Crippen LogP contribution in [-0.2, 0) is 37.3 Å². The highest BCUT2D eigenvalue weighted by molar-refractivity contribution is 5.86. The molecule has 0 saturated carbocycles. The molecule has 0 heterocycles. The van der Waals surface area contributed by atoms with E-state index in [1.165, 1.54) is 22.3 Å². The smallest absolute Gasteiger partial charge is 0.330 e. The van der Waals surface area contributed by atoms with Crippen molar-refractivity contribution in [2.45, 2.75) is 30.5 Å². The third-order valence-corrected chi connectivity index (χ3v) is 7.84. The topological polar surface area (TPSA) is 93.1 Å². The summed E-state index contributed by atoms with van der Waals surface area (Å²) in [7, 11) is 0. The molecule has 0 aromatic heterocycles. The van der Waals surface area contributed by atoms with Crippen molar-refractivity contribution in [2.75, 3.05) is 13.2 Å². The van der Waals surface area contributed by atoms with Crippen molar-refractivity contribution in [3.05, 3.63) is 156 Å². The molecule has 1 aliphatic carbocycles. The van der Waals surface area contributed by atoms with Crippen molar-refractivity contribution in [3.63, 3.8) is 0 Å². The molecule has 0 amide bonds. The SMILES string of the molecule is C=CC(=O)OCC(O)Cc1ccc(C2(c3ccc(CC(O)COC(=O)C=C)cc3)c3ccccc3-c3ccccc32)cc1.